The lowest BCUT2D eigenvalue weighted by molar-refractivity contribution is 0.812. The van der Waals surface area contributed by atoms with E-state index in [-0.39, 0.29) is 0 Å². The highest BCUT2D eigenvalue weighted by Crippen LogP contribution is 2.16. The van der Waals surface area contributed by atoms with Crippen LogP contribution in [0.3, 0.4) is 0 Å². The number of para-hydroxylation sites is 1. The summed E-state index contributed by atoms with van der Waals surface area (Å²) in [5.74, 6) is 0. The molecular weight excluding hydrogens is 234 g/mol. The smallest absolute Gasteiger partial charge is 0.167 e. The summed E-state index contributed by atoms with van der Waals surface area (Å²) in [6, 6.07) is 7.97. The van der Waals surface area contributed by atoms with Crippen molar-refractivity contribution in [3.8, 4) is 5.69 Å². The molecule has 6 heteroatoms. The molecule has 0 amide bonds. The zero-order valence-corrected chi connectivity index (χ0v) is 9.90. The molecule has 0 spiro atoms. The monoisotopic (exact) mass is 243 g/mol. The minimum absolute atomic E-state index is 0.457. The first kappa shape index (κ1) is 10.1. The van der Waals surface area contributed by atoms with Gasteiger partial charge in [0.2, 0.25) is 0 Å². The van der Waals surface area contributed by atoms with Crippen molar-refractivity contribution in [2.24, 2.45) is 0 Å². The van der Waals surface area contributed by atoms with Gasteiger partial charge in [-0.05, 0) is 18.6 Å². The van der Waals surface area contributed by atoms with E-state index < -0.39 is 0 Å². The van der Waals surface area contributed by atoms with Crippen molar-refractivity contribution in [3.63, 3.8) is 0 Å². The highest BCUT2D eigenvalue weighted by atomic mass is 32.1. The maximum Gasteiger partial charge on any atom is 0.167 e. The molecule has 2 aromatic heterocycles. The number of nitrogens with one attached hydrogen (secondary N) is 1. The fourth-order valence-corrected chi connectivity index (χ4v) is 1.93. The molecule has 5 nitrogen and oxygen atoms in total. The van der Waals surface area contributed by atoms with Gasteiger partial charge in [-0.2, -0.15) is 4.68 Å². The Morgan fingerprint density at radius 2 is 2.12 bits per heavy atom. The van der Waals surface area contributed by atoms with Crippen molar-refractivity contribution >= 4 is 23.4 Å². The summed E-state index contributed by atoms with van der Waals surface area (Å²) in [6.45, 7) is 2.03. The number of hydrogen-bond donors (Lipinski definition) is 1. The van der Waals surface area contributed by atoms with Crippen LogP contribution < -0.4 is 0 Å². The summed E-state index contributed by atoms with van der Waals surface area (Å²) in [6.07, 6.45) is 1.56. The molecule has 0 fully saturated rings. The van der Waals surface area contributed by atoms with Gasteiger partial charge in [0.25, 0.3) is 0 Å². The van der Waals surface area contributed by atoms with Gasteiger partial charge < -0.3 is 4.98 Å². The number of H-pyrrole nitrogens is 1. The summed E-state index contributed by atoms with van der Waals surface area (Å²) >= 11 is 5.10. The predicted octanol–water partition coefficient (Wildman–Crippen LogP) is 2.18. The molecule has 0 radical (unpaired) electrons. The summed E-state index contributed by atoms with van der Waals surface area (Å²) in [4.78, 5) is 7.01. The van der Waals surface area contributed by atoms with Gasteiger partial charge in [-0.3, -0.25) is 0 Å². The lowest BCUT2D eigenvalue weighted by Crippen LogP contribution is -2.00. The summed E-state index contributed by atoms with van der Waals surface area (Å²) in [7, 11) is 0. The number of rotatable bonds is 1. The van der Waals surface area contributed by atoms with E-state index in [0.29, 0.717) is 10.2 Å². The normalized spacial score (nSPS) is 10.9. The molecule has 0 aliphatic carbocycles. The van der Waals surface area contributed by atoms with Gasteiger partial charge in [0.1, 0.15) is 0 Å². The van der Waals surface area contributed by atoms with Crippen molar-refractivity contribution in [1.29, 1.82) is 0 Å². The Hall–Kier alpha value is -2.08. The van der Waals surface area contributed by atoms with Crippen LogP contribution in [0.15, 0.2) is 30.6 Å². The van der Waals surface area contributed by atoms with Crippen molar-refractivity contribution in [1.82, 2.24) is 25.0 Å². The van der Waals surface area contributed by atoms with Gasteiger partial charge in [-0.25, -0.2) is 4.98 Å². The number of hydrogen-bond acceptors (Lipinski definition) is 4. The highest BCUT2D eigenvalue weighted by Gasteiger charge is 2.09. The summed E-state index contributed by atoms with van der Waals surface area (Å²) in [5.41, 5.74) is 3.48. The second kappa shape index (κ2) is 3.74. The Labute approximate surface area is 102 Å². The van der Waals surface area contributed by atoms with Crippen LogP contribution in [0.5, 0.6) is 0 Å². The molecule has 3 rings (SSSR count). The molecule has 0 bridgehead atoms. The molecule has 0 aliphatic heterocycles. The minimum atomic E-state index is 0.457. The number of aromatic amines is 1. The van der Waals surface area contributed by atoms with Crippen LogP contribution >= 0.6 is 12.2 Å². The Kier molecular flexibility index (Phi) is 2.22. The zero-order chi connectivity index (χ0) is 11.8. The van der Waals surface area contributed by atoms with Crippen molar-refractivity contribution in [3.05, 3.63) is 40.8 Å². The summed E-state index contributed by atoms with van der Waals surface area (Å²) < 4.78 is 2.20. The molecule has 3 aromatic rings. The van der Waals surface area contributed by atoms with Gasteiger partial charge in [-0.1, -0.05) is 35.6 Å². The lowest BCUT2D eigenvalue weighted by atomic mass is 10.2. The van der Waals surface area contributed by atoms with E-state index in [2.05, 4.69) is 20.3 Å². The van der Waals surface area contributed by atoms with Gasteiger partial charge in [0.15, 0.2) is 15.8 Å². The van der Waals surface area contributed by atoms with Crippen LogP contribution in [0.4, 0.5) is 0 Å². The van der Waals surface area contributed by atoms with Gasteiger partial charge >= 0.3 is 0 Å². The maximum atomic E-state index is 5.10. The Balaban J connectivity index is 2.36. The van der Waals surface area contributed by atoms with E-state index in [1.165, 1.54) is 0 Å². The van der Waals surface area contributed by atoms with Crippen LogP contribution in [0.25, 0.3) is 16.9 Å². The number of nitrogens with zero attached hydrogens (tertiary/aromatic N) is 4. The van der Waals surface area contributed by atoms with Crippen molar-refractivity contribution in [2.75, 3.05) is 0 Å². The Morgan fingerprint density at radius 1 is 1.29 bits per heavy atom. The zero-order valence-electron chi connectivity index (χ0n) is 9.08. The molecule has 2 heterocycles. The minimum Gasteiger partial charge on any atom is -0.329 e. The highest BCUT2D eigenvalue weighted by molar-refractivity contribution is 7.71. The SMILES string of the molecule is Cc1ccccc1-n1nnc2c(=S)nc[nH]c21. The van der Waals surface area contributed by atoms with Gasteiger partial charge in [0.05, 0.1) is 12.0 Å². The average Bonchev–Trinajstić information content (AvgIpc) is 2.75. The lowest BCUT2D eigenvalue weighted by Gasteiger charge is -2.04. The number of aryl methyl sites for hydroxylation is 1. The molecule has 0 saturated heterocycles. The molecule has 1 N–H and O–H groups in total. The topological polar surface area (TPSA) is 59.4 Å². The fraction of sp³-hybridized carbons (Fsp3) is 0.0909. The maximum absolute atomic E-state index is 5.10. The third kappa shape index (κ3) is 1.53. The first-order valence-electron chi connectivity index (χ1n) is 5.12. The number of benzene rings is 1. The van der Waals surface area contributed by atoms with E-state index >= 15 is 0 Å². The molecule has 0 saturated carbocycles. The van der Waals surface area contributed by atoms with Crippen molar-refractivity contribution in [2.45, 2.75) is 6.92 Å². The first-order chi connectivity index (χ1) is 8.27. The molecule has 0 unspecified atom stereocenters. The average molecular weight is 243 g/mol. The second-order valence-corrected chi connectivity index (χ2v) is 4.08. The largest absolute Gasteiger partial charge is 0.329 e. The van der Waals surface area contributed by atoms with E-state index in [4.69, 9.17) is 12.2 Å². The third-order valence-electron chi connectivity index (χ3n) is 2.60. The summed E-state index contributed by atoms with van der Waals surface area (Å²) in [5, 5.41) is 8.17. The first-order valence-corrected chi connectivity index (χ1v) is 5.53. The van der Waals surface area contributed by atoms with E-state index in [1.807, 2.05) is 31.2 Å². The third-order valence-corrected chi connectivity index (χ3v) is 2.90. The molecule has 1 aromatic carbocycles. The Bertz CT molecular complexity index is 743. The standard InChI is InChI=1S/C11H9N5S/c1-7-4-2-3-5-8(7)16-10-9(14-15-16)11(17)13-6-12-10/h2-6H,1H3,(H,12,13,17). The van der Waals surface area contributed by atoms with Crippen molar-refractivity contribution < 1.29 is 0 Å². The van der Waals surface area contributed by atoms with E-state index in [9.17, 15) is 0 Å². The fourth-order valence-electron chi connectivity index (χ4n) is 1.74. The van der Waals surface area contributed by atoms with Crippen LogP contribution in [0.1, 0.15) is 5.56 Å². The van der Waals surface area contributed by atoms with Gasteiger partial charge in [-0.15, -0.1) is 5.10 Å². The molecule has 0 aliphatic rings. The van der Waals surface area contributed by atoms with Crippen LogP contribution in [-0.4, -0.2) is 25.0 Å². The molecular formula is C11H9N5S. The quantitative estimate of drug-likeness (QED) is 0.665. The molecule has 0 atom stereocenters. The van der Waals surface area contributed by atoms with Gasteiger partial charge in [0, 0.05) is 0 Å². The van der Waals surface area contributed by atoms with Crippen LogP contribution in [0, 0.1) is 11.6 Å². The Morgan fingerprint density at radius 3 is 2.94 bits per heavy atom. The van der Waals surface area contributed by atoms with Crippen LogP contribution in [0.2, 0.25) is 0 Å². The predicted molar refractivity (Wildman–Crippen MR) is 66.6 cm³/mol. The van der Waals surface area contributed by atoms with E-state index in [0.717, 1.165) is 16.9 Å². The van der Waals surface area contributed by atoms with Crippen LogP contribution in [-0.2, 0) is 0 Å². The number of aromatic nitrogens is 5. The molecule has 17 heavy (non-hydrogen) atoms. The molecule has 84 valence electrons. The second-order valence-electron chi connectivity index (χ2n) is 3.69. The number of fused-ring (bicyclic) bond motifs is 1. The van der Waals surface area contributed by atoms with E-state index in [1.54, 1.807) is 11.0 Å².